The van der Waals surface area contributed by atoms with Crippen molar-refractivity contribution in [3.05, 3.63) is 87.0 Å². The largest absolute Gasteiger partial charge is 0.456 e. The molecule has 3 amide bonds. The number of aryl methyl sites for hydroxylation is 1. The second kappa shape index (κ2) is 9.13. The van der Waals surface area contributed by atoms with E-state index in [2.05, 4.69) is 5.32 Å². The number of hydrogen-bond acceptors (Lipinski definition) is 7. The quantitative estimate of drug-likeness (QED) is 0.315. The predicted molar refractivity (Wildman–Crippen MR) is 123 cm³/mol. The Labute approximate surface area is 192 Å². The van der Waals surface area contributed by atoms with Gasteiger partial charge < -0.3 is 9.73 Å². The number of carbonyl (C=O) groups is 3. The number of nitro groups is 1. The van der Waals surface area contributed by atoms with Crippen LogP contribution in [0.25, 0.3) is 17.4 Å². The number of furan rings is 1. The Morgan fingerprint density at radius 3 is 2.61 bits per heavy atom. The molecule has 0 unspecified atom stereocenters. The van der Waals surface area contributed by atoms with Gasteiger partial charge in [0, 0.05) is 17.8 Å². The summed E-state index contributed by atoms with van der Waals surface area (Å²) in [4.78, 5) is 49.1. The van der Waals surface area contributed by atoms with Crippen molar-refractivity contribution in [3.63, 3.8) is 0 Å². The zero-order chi connectivity index (χ0) is 23.5. The molecule has 1 fully saturated rings. The molecule has 0 radical (unpaired) electrons. The lowest BCUT2D eigenvalue weighted by Crippen LogP contribution is -2.36. The van der Waals surface area contributed by atoms with Crippen LogP contribution in [0.5, 0.6) is 0 Å². The Bertz CT molecular complexity index is 1310. The fraction of sp³-hybridized carbons (Fsp3) is 0.0870. The van der Waals surface area contributed by atoms with E-state index in [1.165, 1.54) is 12.1 Å². The lowest BCUT2D eigenvalue weighted by Gasteiger charge is -2.13. The van der Waals surface area contributed by atoms with Crippen molar-refractivity contribution in [1.82, 2.24) is 4.90 Å². The molecule has 0 bridgehead atoms. The average molecular weight is 463 g/mol. The molecular weight excluding hydrogens is 446 g/mol. The van der Waals surface area contributed by atoms with Gasteiger partial charge in [0.25, 0.3) is 16.8 Å². The second-order valence-electron chi connectivity index (χ2n) is 7.11. The molecule has 10 heteroatoms. The fourth-order valence-corrected chi connectivity index (χ4v) is 4.05. The molecular formula is C23H17N3O6S. The second-order valence-corrected chi connectivity index (χ2v) is 8.10. The standard InChI is InChI=1S/C23H17N3O6S/c1-14-6-2-4-8-17(14)24-21(27)13-25-22(28)20(33-23(25)29)12-15-10-11-19(32-15)16-7-3-5-9-18(16)26(30)31/h2-12H,13H2,1H3,(H,24,27)/b20-12+. The smallest absolute Gasteiger partial charge is 0.294 e. The van der Waals surface area contributed by atoms with Crippen LogP contribution >= 0.6 is 11.8 Å². The third-order valence-corrected chi connectivity index (χ3v) is 5.77. The highest BCUT2D eigenvalue weighted by Crippen LogP contribution is 2.35. The maximum absolute atomic E-state index is 12.7. The van der Waals surface area contributed by atoms with E-state index in [0.29, 0.717) is 23.0 Å². The van der Waals surface area contributed by atoms with Crippen molar-refractivity contribution >= 4 is 46.3 Å². The van der Waals surface area contributed by atoms with Gasteiger partial charge in [-0.1, -0.05) is 30.3 Å². The molecule has 1 N–H and O–H groups in total. The Hall–Kier alpha value is -4.18. The Morgan fingerprint density at radius 1 is 1.12 bits per heavy atom. The predicted octanol–water partition coefficient (Wildman–Crippen LogP) is 4.84. The summed E-state index contributed by atoms with van der Waals surface area (Å²) < 4.78 is 5.66. The first kappa shape index (κ1) is 22.0. The average Bonchev–Trinajstić information content (AvgIpc) is 3.35. The number of hydrogen-bond donors (Lipinski definition) is 1. The number of thioether (sulfide) groups is 1. The number of rotatable bonds is 6. The first-order chi connectivity index (χ1) is 15.8. The summed E-state index contributed by atoms with van der Waals surface area (Å²) in [6.45, 7) is 1.41. The molecule has 3 aromatic rings. The molecule has 9 nitrogen and oxygen atoms in total. The summed E-state index contributed by atoms with van der Waals surface area (Å²) in [6.07, 6.45) is 1.38. The summed E-state index contributed by atoms with van der Waals surface area (Å²) in [5.74, 6) is -0.610. The summed E-state index contributed by atoms with van der Waals surface area (Å²) >= 11 is 0.691. The molecule has 1 aromatic heterocycles. The van der Waals surface area contributed by atoms with Crippen LogP contribution < -0.4 is 5.32 Å². The van der Waals surface area contributed by atoms with Crippen LogP contribution in [0.15, 0.2) is 70.0 Å². The third-order valence-electron chi connectivity index (χ3n) is 4.86. The van der Waals surface area contributed by atoms with Crippen LogP contribution in [0.1, 0.15) is 11.3 Å². The number of nitrogens with one attached hydrogen (secondary N) is 1. The monoisotopic (exact) mass is 463 g/mol. The maximum Gasteiger partial charge on any atom is 0.294 e. The number of amides is 3. The zero-order valence-corrected chi connectivity index (χ0v) is 18.1. The van der Waals surface area contributed by atoms with E-state index >= 15 is 0 Å². The molecule has 0 spiro atoms. The molecule has 1 saturated heterocycles. The van der Waals surface area contributed by atoms with Crippen molar-refractivity contribution < 1.29 is 23.7 Å². The molecule has 166 valence electrons. The van der Waals surface area contributed by atoms with Gasteiger partial charge in [-0.25, -0.2) is 0 Å². The van der Waals surface area contributed by atoms with Crippen molar-refractivity contribution in [2.45, 2.75) is 6.92 Å². The van der Waals surface area contributed by atoms with Crippen molar-refractivity contribution in [1.29, 1.82) is 0 Å². The topological polar surface area (TPSA) is 123 Å². The first-order valence-corrected chi connectivity index (χ1v) is 10.6. The van der Waals surface area contributed by atoms with Crippen molar-refractivity contribution in [3.8, 4) is 11.3 Å². The van der Waals surface area contributed by atoms with E-state index in [1.54, 1.807) is 42.5 Å². The molecule has 0 atom stereocenters. The fourth-order valence-electron chi connectivity index (χ4n) is 3.23. The van der Waals surface area contributed by atoms with E-state index in [0.717, 1.165) is 10.5 Å². The van der Waals surface area contributed by atoms with Gasteiger partial charge >= 0.3 is 0 Å². The van der Waals surface area contributed by atoms with E-state index in [1.807, 2.05) is 19.1 Å². The van der Waals surface area contributed by atoms with Gasteiger partial charge in [0.15, 0.2) is 0 Å². The maximum atomic E-state index is 12.7. The van der Waals surface area contributed by atoms with Gasteiger partial charge in [0.1, 0.15) is 18.1 Å². The highest BCUT2D eigenvalue weighted by atomic mass is 32.2. The lowest BCUT2D eigenvalue weighted by molar-refractivity contribution is -0.384. The van der Waals surface area contributed by atoms with E-state index in [9.17, 15) is 24.5 Å². The molecule has 2 heterocycles. The number of benzene rings is 2. The Morgan fingerprint density at radius 2 is 1.85 bits per heavy atom. The highest BCUT2D eigenvalue weighted by molar-refractivity contribution is 8.18. The first-order valence-electron chi connectivity index (χ1n) is 9.78. The number of carbonyl (C=O) groups excluding carboxylic acids is 3. The Balaban J connectivity index is 1.49. The zero-order valence-electron chi connectivity index (χ0n) is 17.3. The summed E-state index contributed by atoms with van der Waals surface area (Å²) in [7, 11) is 0. The van der Waals surface area contributed by atoms with Crippen LogP contribution in [0.2, 0.25) is 0 Å². The van der Waals surface area contributed by atoms with Crippen LogP contribution in [0, 0.1) is 17.0 Å². The van der Waals surface area contributed by atoms with Crippen LogP contribution in [-0.4, -0.2) is 33.4 Å². The van der Waals surface area contributed by atoms with E-state index < -0.39 is 28.5 Å². The number of anilines is 1. The molecule has 33 heavy (non-hydrogen) atoms. The minimum Gasteiger partial charge on any atom is -0.456 e. The summed E-state index contributed by atoms with van der Waals surface area (Å²) in [6, 6.07) is 16.4. The highest BCUT2D eigenvalue weighted by Gasteiger charge is 2.36. The number of nitrogens with zero attached hydrogens (tertiary/aromatic N) is 2. The molecule has 1 aliphatic rings. The number of imide groups is 1. The molecule has 0 aliphatic carbocycles. The molecule has 2 aromatic carbocycles. The normalized spacial score (nSPS) is 14.7. The lowest BCUT2D eigenvalue weighted by atomic mass is 10.1. The number of para-hydroxylation sites is 2. The van der Waals surface area contributed by atoms with Crippen LogP contribution in [0.4, 0.5) is 16.2 Å². The number of nitro benzene ring substituents is 1. The van der Waals surface area contributed by atoms with E-state index in [-0.39, 0.29) is 22.1 Å². The van der Waals surface area contributed by atoms with Crippen LogP contribution in [-0.2, 0) is 9.59 Å². The van der Waals surface area contributed by atoms with E-state index in [4.69, 9.17) is 4.42 Å². The van der Waals surface area contributed by atoms with Crippen molar-refractivity contribution in [2.75, 3.05) is 11.9 Å². The van der Waals surface area contributed by atoms with Crippen LogP contribution in [0.3, 0.4) is 0 Å². The summed E-state index contributed by atoms with van der Waals surface area (Å²) in [5, 5.41) is 13.4. The van der Waals surface area contributed by atoms with Crippen molar-refractivity contribution in [2.24, 2.45) is 0 Å². The van der Waals surface area contributed by atoms with Gasteiger partial charge in [-0.05, 0) is 48.5 Å². The summed E-state index contributed by atoms with van der Waals surface area (Å²) in [5.41, 5.74) is 1.64. The van der Waals surface area contributed by atoms with Gasteiger partial charge in [0.05, 0.1) is 15.4 Å². The van der Waals surface area contributed by atoms with Gasteiger partial charge in [-0.3, -0.25) is 29.4 Å². The third kappa shape index (κ3) is 4.70. The molecule has 1 aliphatic heterocycles. The van der Waals surface area contributed by atoms with Gasteiger partial charge in [-0.15, -0.1) is 0 Å². The minimum absolute atomic E-state index is 0.0900. The SMILES string of the molecule is Cc1ccccc1NC(=O)CN1C(=O)S/C(=C/c2ccc(-c3ccccc3[N+](=O)[O-])o2)C1=O. The van der Waals surface area contributed by atoms with Gasteiger partial charge in [0.2, 0.25) is 5.91 Å². The molecule has 4 rings (SSSR count). The minimum atomic E-state index is -0.617. The van der Waals surface area contributed by atoms with Gasteiger partial charge in [-0.2, -0.15) is 0 Å². The molecule has 0 saturated carbocycles. The Kier molecular flexibility index (Phi) is 6.09.